The van der Waals surface area contributed by atoms with Crippen molar-refractivity contribution in [2.75, 3.05) is 0 Å². The first-order valence-electron chi connectivity index (χ1n) is 14.9. The van der Waals surface area contributed by atoms with Crippen LogP contribution in [0.2, 0.25) is 0 Å². The lowest BCUT2D eigenvalue weighted by Gasteiger charge is -2.25. The Morgan fingerprint density at radius 2 is 0.842 bits per heavy atom. The second kappa shape index (κ2) is 12.0. The Bertz CT molecular complexity index is 1280. The van der Waals surface area contributed by atoms with Gasteiger partial charge in [-0.25, -0.2) is 0 Å². The van der Waals surface area contributed by atoms with E-state index >= 15 is 0 Å². The van der Waals surface area contributed by atoms with E-state index in [4.69, 9.17) is 0 Å². The molecule has 2 aliphatic carbocycles. The fraction of sp³-hybridized carbons (Fsp3) is 0.316. The third kappa shape index (κ3) is 5.86. The molecule has 38 heavy (non-hydrogen) atoms. The van der Waals surface area contributed by atoms with Gasteiger partial charge in [0.15, 0.2) is 0 Å². The average molecular weight is 497 g/mol. The van der Waals surface area contributed by atoms with Crippen LogP contribution in [0, 0.1) is 11.8 Å². The highest BCUT2D eigenvalue weighted by Crippen LogP contribution is 2.38. The predicted octanol–water partition coefficient (Wildman–Crippen LogP) is 11.1. The van der Waals surface area contributed by atoms with Crippen molar-refractivity contribution in [3.8, 4) is 0 Å². The molecule has 2 aliphatic rings. The number of rotatable bonds is 6. The Balaban J connectivity index is 1.33. The summed E-state index contributed by atoms with van der Waals surface area (Å²) in [4.78, 5) is 0. The van der Waals surface area contributed by atoms with Crippen LogP contribution in [-0.2, 0) is 0 Å². The molecule has 0 heterocycles. The number of fused-ring (bicyclic) bond motifs is 1. The van der Waals surface area contributed by atoms with E-state index in [1.54, 1.807) is 0 Å². The van der Waals surface area contributed by atoms with Crippen LogP contribution in [0.4, 0.5) is 0 Å². The highest BCUT2D eigenvalue weighted by molar-refractivity contribution is 5.92. The van der Waals surface area contributed by atoms with Gasteiger partial charge in [0.2, 0.25) is 0 Å². The monoisotopic (exact) mass is 496 g/mol. The molecule has 0 unspecified atom stereocenters. The van der Waals surface area contributed by atoms with Crippen molar-refractivity contribution in [2.24, 2.45) is 11.8 Å². The smallest absolute Gasteiger partial charge is 0.0156 e. The molecule has 0 bridgehead atoms. The van der Waals surface area contributed by atoms with Gasteiger partial charge in [0.05, 0.1) is 0 Å². The van der Waals surface area contributed by atoms with Crippen molar-refractivity contribution in [1.82, 2.24) is 0 Å². The number of hydrogen-bond acceptors (Lipinski definition) is 0. The van der Waals surface area contributed by atoms with Crippen LogP contribution in [0.1, 0.15) is 86.5 Å². The van der Waals surface area contributed by atoms with Gasteiger partial charge in [0.1, 0.15) is 0 Å². The number of hydrogen-bond donors (Lipinski definition) is 0. The van der Waals surface area contributed by atoms with E-state index in [2.05, 4.69) is 109 Å². The van der Waals surface area contributed by atoms with E-state index in [0.29, 0.717) is 11.8 Å². The third-order valence-corrected chi connectivity index (χ3v) is 8.84. The SMILES string of the molecule is C(=C(c1ccccc1)C1CCCCC1)c1ccc2cc(C=C(c3ccccc3)C3CCCCC3)ccc2c1. The zero-order chi connectivity index (χ0) is 25.6. The molecule has 4 aromatic rings. The summed E-state index contributed by atoms with van der Waals surface area (Å²) >= 11 is 0. The lowest BCUT2D eigenvalue weighted by molar-refractivity contribution is 0.430. The van der Waals surface area contributed by atoms with Gasteiger partial charge in [-0.1, -0.05) is 136 Å². The Labute approximate surface area is 229 Å². The minimum Gasteiger partial charge on any atom is -0.0622 e. The Kier molecular flexibility index (Phi) is 7.87. The van der Waals surface area contributed by atoms with Crippen LogP contribution < -0.4 is 0 Å². The summed E-state index contributed by atoms with van der Waals surface area (Å²) in [5, 5.41) is 2.65. The van der Waals surface area contributed by atoms with Crippen LogP contribution >= 0.6 is 0 Å². The van der Waals surface area contributed by atoms with E-state index in [0.717, 1.165) is 0 Å². The number of benzene rings is 4. The zero-order valence-electron chi connectivity index (χ0n) is 22.6. The molecule has 2 saturated carbocycles. The van der Waals surface area contributed by atoms with Gasteiger partial charge in [0.25, 0.3) is 0 Å². The minimum atomic E-state index is 0.672. The Morgan fingerprint density at radius 1 is 0.447 bits per heavy atom. The Morgan fingerprint density at radius 3 is 1.24 bits per heavy atom. The van der Waals surface area contributed by atoms with Gasteiger partial charge in [-0.3, -0.25) is 0 Å². The Hall–Kier alpha value is -3.38. The molecule has 0 spiro atoms. The maximum Gasteiger partial charge on any atom is -0.0156 e. The average Bonchev–Trinajstić information content (AvgIpc) is 3.00. The molecule has 0 N–H and O–H groups in total. The van der Waals surface area contributed by atoms with Gasteiger partial charge < -0.3 is 0 Å². The molecule has 2 fully saturated rings. The first-order valence-corrected chi connectivity index (χ1v) is 14.9. The summed E-state index contributed by atoms with van der Waals surface area (Å²) in [5.74, 6) is 1.34. The van der Waals surface area contributed by atoms with Crippen LogP contribution in [0.5, 0.6) is 0 Å². The normalized spacial score (nSPS) is 18.1. The molecule has 0 aliphatic heterocycles. The van der Waals surface area contributed by atoms with Crippen LogP contribution in [0.25, 0.3) is 34.1 Å². The minimum absolute atomic E-state index is 0.672. The van der Waals surface area contributed by atoms with E-state index in [9.17, 15) is 0 Å². The first-order chi connectivity index (χ1) is 18.8. The number of allylic oxidation sites excluding steroid dienone is 2. The van der Waals surface area contributed by atoms with Crippen molar-refractivity contribution in [3.63, 3.8) is 0 Å². The second-order valence-corrected chi connectivity index (χ2v) is 11.5. The molecule has 192 valence electrons. The molecule has 0 saturated heterocycles. The molecule has 0 atom stereocenters. The van der Waals surface area contributed by atoms with Gasteiger partial charge >= 0.3 is 0 Å². The second-order valence-electron chi connectivity index (χ2n) is 11.5. The molecule has 0 amide bonds. The molecule has 6 rings (SSSR count). The summed E-state index contributed by atoms with van der Waals surface area (Å²) in [7, 11) is 0. The largest absolute Gasteiger partial charge is 0.0622 e. The molecule has 0 aromatic heterocycles. The lowest BCUT2D eigenvalue weighted by Crippen LogP contribution is -2.08. The van der Waals surface area contributed by atoms with E-state index in [-0.39, 0.29) is 0 Å². The summed E-state index contributed by atoms with van der Waals surface area (Å²) in [6, 6.07) is 36.2. The quantitative estimate of drug-likeness (QED) is 0.233. The fourth-order valence-corrected chi connectivity index (χ4v) is 6.78. The molecule has 0 radical (unpaired) electrons. The van der Waals surface area contributed by atoms with Gasteiger partial charge in [0, 0.05) is 0 Å². The van der Waals surface area contributed by atoms with Gasteiger partial charge in [-0.2, -0.15) is 0 Å². The highest BCUT2D eigenvalue weighted by atomic mass is 14.2. The van der Waals surface area contributed by atoms with Crippen LogP contribution in [0.3, 0.4) is 0 Å². The molecular formula is C38H40. The summed E-state index contributed by atoms with van der Waals surface area (Å²) < 4.78 is 0. The van der Waals surface area contributed by atoms with Crippen molar-refractivity contribution < 1.29 is 0 Å². The topological polar surface area (TPSA) is 0 Å². The van der Waals surface area contributed by atoms with Crippen LogP contribution in [-0.4, -0.2) is 0 Å². The van der Waals surface area contributed by atoms with Crippen molar-refractivity contribution in [1.29, 1.82) is 0 Å². The van der Waals surface area contributed by atoms with Crippen molar-refractivity contribution in [2.45, 2.75) is 64.2 Å². The van der Waals surface area contributed by atoms with E-state index in [1.807, 2.05) is 0 Å². The van der Waals surface area contributed by atoms with Gasteiger partial charge in [-0.05, 0) is 93.8 Å². The zero-order valence-corrected chi connectivity index (χ0v) is 22.6. The summed E-state index contributed by atoms with van der Waals surface area (Å²) in [5.41, 5.74) is 8.44. The first kappa shape index (κ1) is 24.9. The van der Waals surface area contributed by atoms with Gasteiger partial charge in [-0.15, -0.1) is 0 Å². The fourth-order valence-electron chi connectivity index (χ4n) is 6.78. The predicted molar refractivity (Wildman–Crippen MR) is 166 cm³/mol. The van der Waals surface area contributed by atoms with Crippen molar-refractivity contribution in [3.05, 3.63) is 119 Å². The maximum absolute atomic E-state index is 2.47. The molecule has 0 nitrogen and oxygen atoms in total. The molecular weight excluding hydrogens is 456 g/mol. The van der Waals surface area contributed by atoms with Crippen LogP contribution in [0.15, 0.2) is 97.1 Å². The molecule has 0 heteroatoms. The highest BCUT2D eigenvalue weighted by Gasteiger charge is 2.20. The standard InChI is InChI=1S/C38H40/c1-5-13-31(14-6-1)37(32-15-7-2-8-16-32)27-29-21-23-36-26-30(22-24-35(36)25-29)28-38(33-17-9-3-10-18-33)34-19-11-4-12-20-34/h1,3,5-6,9-10,13-14,17-18,21-28,32,34H,2,4,7-8,11-12,15-16,19-20H2. The van der Waals surface area contributed by atoms with E-state index < -0.39 is 0 Å². The maximum atomic E-state index is 2.47. The summed E-state index contributed by atoms with van der Waals surface area (Å²) in [6.07, 6.45) is 18.4. The summed E-state index contributed by atoms with van der Waals surface area (Å²) in [6.45, 7) is 0. The van der Waals surface area contributed by atoms with Crippen molar-refractivity contribution >= 4 is 34.1 Å². The third-order valence-electron chi connectivity index (χ3n) is 8.84. The lowest BCUT2D eigenvalue weighted by atomic mass is 9.80. The van der Waals surface area contributed by atoms with E-state index in [1.165, 1.54) is 108 Å². The molecule has 4 aromatic carbocycles.